The Balaban J connectivity index is 2.83. The molecule has 0 aliphatic rings. The van der Waals surface area contributed by atoms with Crippen LogP contribution in [0.3, 0.4) is 0 Å². The van der Waals surface area contributed by atoms with Crippen LogP contribution in [-0.4, -0.2) is 23.3 Å². The van der Waals surface area contributed by atoms with Gasteiger partial charge in [-0.3, -0.25) is 9.59 Å². The highest BCUT2D eigenvalue weighted by Crippen LogP contribution is 2.14. The third-order valence-corrected chi connectivity index (χ3v) is 3.13. The molecule has 0 spiro atoms. The topological polar surface area (TPSA) is 89.4 Å². The van der Waals surface area contributed by atoms with Crippen LogP contribution in [0, 0.1) is 5.92 Å². The zero-order chi connectivity index (χ0) is 15.1. The van der Waals surface area contributed by atoms with Gasteiger partial charge in [-0.15, -0.1) is 0 Å². The van der Waals surface area contributed by atoms with E-state index in [2.05, 4.69) is 0 Å². The molecule has 0 aliphatic heterocycles. The summed E-state index contributed by atoms with van der Waals surface area (Å²) in [6.45, 7) is 4.18. The summed E-state index contributed by atoms with van der Waals surface area (Å²) in [6, 6.07) is 7.28. The van der Waals surface area contributed by atoms with E-state index in [4.69, 9.17) is 11.5 Å². The van der Waals surface area contributed by atoms with E-state index in [9.17, 15) is 9.59 Å². The molecule has 0 bridgehead atoms. The second-order valence-corrected chi connectivity index (χ2v) is 5.10. The number of carbonyl (C=O) groups is 2. The van der Waals surface area contributed by atoms with Crippen molar-refractivity contribution in [1.29, 1.82) is 0 Å². The second kappa shape index (κ2) is 7.53. The Kier molecular flexibility index (Phi) is 6.03. The summed E-state index contributed by atoms with van der Waals surface area (Å²) in [4.78, 5) is 25.0. The summed E-state index contributed by atoms with van der Waals surface area (Å²) in [6.07, 6.45) is 1.72. The normalized spacial score (nSPS) is 11.9. The third-order valence-electron chi connectivity index (χ3n) is 3.13. The van der Waals surface area contributed by atoms with E-state index >= 15 is 0 Å². The molecule has 2 amide bonds. The number of nitrogens with two attached hydrogens (primary N) is 2. The van der Waals surface area contributed by atoms with Gasteiger partial charge in [-0.1, -0.05) is 32.4 Å². The van der Waals surface area contributed by atoms with Crippen LogP contribution in [0.4, 0.5) is 5.69 Å². The fraction of sp³-hybridized carbons (Fsp3) is 0.467. The predicted molar refractivity (Wildman–Crippen MR) is 79.5 cm³/mol. The van der Waals surface area contributed by atoms with Crippen molar-refractivity contribution < 1.29 is 9.59 Å². The average Bonchev–Trinajstić information content (AvgIpc) is 2.37. The monoisotopic (exact) mass is 277 g/mol. The van der Waals surface area contributed by atoms with Crippen LogP contribution >= 0.6 is 0 Å². The van der Waals surface area contributed by atoms with Crippen molar-refractivity contribution in [2.75, 3.05) is 12.3 Å². The number of hydrogen-bond acceptors (Lipinski definition) is 3. The lowest BCUT2D eigenvalue weighted by molar-refractivity contribution is -0.139. The number of benzene rings is 1. The molecule has 5 nitrogen and oxygen atoms in total. The van der Waals surface area contributed by atoms with Crippen LogP contribution in [0.5, 0.6) is 0 Å². The number of anilines is 1. The fourth-order valence-electron chi connectivity index (χ4n) is 2.18. The smallest absolute Gasteiger partial charge is 0.237 e. The molecule has 1 aromatic rings. The molecule has 4 N–H and O–H groups in total. The highest BCUT2D eigenvalue weighted by molar-refractivity contribution is 5.84. The number of rotatable bonds is 7. The van der Waals surface area contributed by atoms with Gasteiger partial charge in [-0.25, -0.2) is 0 Å². The summed E-state index contributed by atoms with van der Waals surface area (Å²) in [5.74, 6) is -0.667. The Hall–Kier alpha value is -2.04. The molecule has 0 saturated carbocycles. The molecule has 1 aromatic carbocycles. The maximum Gasteiger partial charge on any atom is 0.237 e. The van der Waals surface area contributed by atoms with Gasteiger partial charge in [0.2, 0.25) is 11.8 Å². The molecule has 0 saturated heterocycles. The first-order valence-electron chi connectivity index (χ1n) is 6.85. The lowest BCUT2D eigenvalue weighted by Crippen LogP contribution is -2.40. The molecule has 0 radical (unpaired) electrons. The van der Waals surface area contributed by atoms with Crippen molar-refractivity contribution in [3.05, 3.63) is 29.8 Å². The molecule has 0 heterocycles. The molecule has 1 atom stereocenters. The van der Waals surface area contributed by atoms with Crippen LogP contribution in [0.1, 0.15) is 32.3 Å². The van der Waals surface area contributed by atoms with Crippen molar-refractivity contribution >= 4 is 17.5 Å². The van der Waals surface area contributed by atoms with E-state index in [-0.39, 0.29) is 18.4 Å². The molecule has 20 heavy (non-hydrogen) atoms. The summed E-state index contributed by atoms with van der Waals surface area (Å²) >= 11 is 0. The first-order chi connectivity index (χ1) is 9.43. The summed E-state index contributed by atoms with van der Waals surface area (Å²) < 4.78 is 0. The standard InChI is InChI=1S/C15H23N3O2/c1-3-5-11(2)15(20)18(10-14(17)19)9-12-6-4-7-13(16)8-12/h4,6-8,11H,3,5,9-10,16H2,1-2H3,(H2,17,19). The zero-order valence-corrected chi connectivity index (χ0v) is 12.1. The largest absolute Gasteiger partial charge is 0.399 e. The SMILES string of the molecule is CCCC(C)C(=O)N(CC(N)=O)Cc1cccc(N)c1. The lowest BCUT2D eigenvalue weighted by Gasteiger charge is -2.24. The number of amides is 2. The Labute approximate surface area is 119 Å². The average molecular weight is 277 g/mol. The van der Waals surface area contributed by atoms with Crippen molar-refractivity contribution in [2.45, 2.75) is 33.2 Å². The van der Waals surface area contributed by atoms with Crippen LogP contribution in [0.15, 0.2) is 24.3 Å². The first-order valence-corrected chi connectivity index (χ1v) is 6.85. The van der Waals surface area contributed by atoms with Gasteiger partial charge in [0, 0.05) is 18.2 Å². The molecule has 0 aliphatic carbocycles. The number of primary amides is 1. The predicted octanol–water partition coefficient (Wildman–Crippen LogP) is 1.52. The van der Waals surface area contributed by atoms with Gasteiger partial charge in [0.15, 0.2) is 0 Å². The van der Waals surface area contributed by atoms with E-state index in [0.29, 0.717) is 12.2 Å². The minimum atomic E-state index is -0.508. The molecular weight excluding hydrogens is 254 g/mol. The second-order valence-electron chi connectivity index (χ2n) is 5.10. The molecule has 110 valence electrons. The zero-order valence-electron chi connectivity index (χ0n) is 12.1. The lowest BCUT2D eigenvalue weighted by atomic mass is 10.0. The highest BCUT2D eigenvalue weighted by Gasteiger charge is 2.21. The van der Waals surface area contributed by atoms with Crippen LogP contribution in [-0.2, 0) is 16.1 Å². The minimum absolute atomic E-state index is 0.0481. The van der Waals surface area contributed by atoms with E-state index in [1.54, 1.807) is 12.1 Å². The Morgan fingerprint density at radius 2 is 2.05 bits per heavy atom. The number of nitrogens with zero attached hydrogens (tertiary/aromatic N) is 1. The molecule has 0 fully saturated rings. The van der Waals surface area contributed by atoms with Crippen molar-refractivity contribution in [1.82, 2.24) is 4.90 Å². The van der Waals surface area contributed by atoms with Gasteiger partial charge in [-0.2, -0.15) is 0 Å². The van der Waals surface area contributed by atoms with Crippen molar-refractivity contribution in [3.8, 4) is 0 Å². The minimum Gasteiger partial charge on any atom is -0.399 e. The maximum atomic E-state index is 12.3. The Morgan fingerprint density at radius 3 is 2.60 bits per heavy atom. The van der Waals surface area contributed by atoms with Gasteiger partial charge >= 0.3 is 0 Å². The summed E-state index contributed by atoms with van der Waals surface area (Å²) in [5, 5.41) is 0. The van der Waals surface area contributed by atoms with E-state index in [1.165, 1.54) is 4.90 Å². The molecular formula is C15H23N3O2. The van der Waals surface area contributed by atoms with Crippen molar-refractivity contribution in [3.63, 3.8) is 0 Å². The first kappa shape index (κ1) is 16.0. The summed E-state index contributed by atoms with van der Waals surface area (Å²) in [5.41, 5.74) is 12.5. The third kappa shape index (κ3) is 4.91. The molecule has 1 rings (SSSR count). The summed E-state index contributed by atoms with van der Waals surface area (Å²) in [7, 11) is 0. The van der Waals surface area contributed by atoms with Crippen LogP contribution in [0.2, 0.25) is 0 Å². The maximum absolute atomic E-state index is 12.3. The van der Waals surface area contributed by atoms with E-state index < -0.39 is 5.91 Å². The number of nitrogen functional groups attached to an aromatic ring is 1. The number of hydrogen-bond donors (Lipinski definition) is 2. The fourth-order valence-corrected chi connectivity index (χ4v) is 2.18. The van der Waals surface area contributed by atoms with Gasteiger partial charge in [0.1, 0.15) is 0 Å². The van der Waals surface area contributed by atoms with E-state index in [0.717, 1.165) is 18.4 Å². The van der Waals surface area contributed by atoms with Gasteiger partial charge in [-0.05, 0) is 24.1 Å². The van der Waals surface area contributed by atoms with Gasteiger partial charge in [0.25, 0.3) is 0 Å². The molecule has 1 unspecified atom stereocenters. The van der Waals surface area contributed by atoms with Crippen LogP contribution < -0.4 is 11.5 Å². The van der Waals surface area contributed by atoms with Crippen LogP contribution in [0.25, 0.3) is 0 Å². The molecule has 0 aromatic heterocycles. The quantitative estimate of drug-likeness (QED) is 0.740. The van der Waals surface area contributed by atoms with E-state index in [1.807, 2.05) is 26.0 Å². The van der Waals surface area contributed by atoms with Gasteiger partial charge in [0.05, 0.1) is 6.54 Å². The Morgan fingerprint density at radius 1 is 1.35 bits per heavy atom. The van der Waals surface area contributed by atoms with Crippen molar-refractivity contribution in [2.24, 2.45) is 11.7 Å². The Bertz CT molecular complexity index is 474. The molecule has 5 heteroatoms. The number of carbonyl (C=O) groups excluding carboxylic acids is 2. The highest BCUT2D eigenvalue weighted by atomic mass is 16.2. The van der Waals surface area contributed by atoms with Gasteiger partial charge < -0.3 is 16.4 Å².